The summed E-state index contributed by atoms with van der Waals surface area (Å²) in [4.78, 5) is 14.0. The molecule has 116 valence electrons. The summed E-state index contributed by atoms with van der Waals surface area (Å²) in [5, 5.41) is 0. The molecule has 0 radical (unpaired) electrons. The molecule has 1 aromatic carbocycles. The molecule has 1 atom stereocenters. The summed E-state index contributed by atoms with van der Waals surface area (Å²) >= 11 is 0. The van der Waals surface area contributed by atoms with Gasteiger partial charge in [0.15, 0.2) is 0 Å². The lowest BCUT2D eigenvalue weighted by Gasteiger charge is -2.32. The third-order valence-corrected chi connectivity index (χ3v) is 3.67. The minimum atomic E-state index is -4.38. The van der Waals surface area contributed by atoms with E-state index in [-0.39, 0.29) is 5.91 Å². The molecule has 6 heteroatoms. The summed E-state index contributed by atoms with van der Waals surface area (Å²) in [7, 11) is 1.62. The third-order valence-electron chi connectivity index (χ3n) is 3.67. The fourth-order valence-electron chi connectivity index (χ4n) is 2.61. The summed E-state index contributed by atoms with van der Waals surface area (Å²) in [5.41, 5.74) is -0.448. The average Bonchev–Trinajstić information content (AvgIpc) is 2.46. The second kappa shape index (κ2) is 6.47. The van der Waals surface area contributed by atoms with Crippen LogP contribution in [0.4, 0.5) is 13.2 Å². The number of halogens is 3. The largest absolute Gasteiger partial charge is 0.416 e. The average molecular weight is 301 g/mol. The van der Waals surface area contributed by atoms with Crippen molar-refractivity contribution in [2.45, 2.75) is 19.0 Å². The quantitative estimate of drug-likeness (QED) is 0.858. The highest BCUT2D eigenvalue weighted by atomic mass is 19.4. The zero-order valence-electron chi connectivity index (χ0n) is 11.8. The number of amides is 1. The van der Waals surface area contributed by atoms with E-state index in [4.69, 9.17) is 4.74 Å². The van der Waals surface area contributed by atoms with Crippen molar-refractivity contribution in [1.82, 2.24) is 4.90 Å². The molecule has 1 unspecified atom stereocenters. The first-order valence-electron chi connectivity index (χ1n) is 6.87. The summed E-state index contributed by atoms with van der Waals surface area (Å²) in [5.74, 6) is 0.0756. The molecule has 1 fully saturated rings. The van der Waals surface area contributed by atoms with Crippen molar-refractivity contribution in [3.05, 3.63) is 35.4 Å². The molecule has 1 saturated heterocycles. The number of hydrogen-bond acceptors (Lipinski definition) is 2. The zero-order chi connectivity index (χ0) is 15.5. The van der Waals surface area contributed by atoms with Gasteiger partial charge in [0.1, 0.15) is 0 Å². The topological polar surface area (TPSA) is 29.5 Å². The maximum atomic E-state index is 12.5. The number of rotatable bonds is 3. The van der Waals surface area contributed by atoms with E-state index < -0.39 is 11.7 Å². The van der Waals surface area contributed by atoms with E-state index in [1.807, 2.05) is 0 Å². The van der Waals surface area contributed by atoms with Crippen LogP contribution >= 0.6 is 0 Å². The van der Waals surface area contributed by atoms with E-state index in [0.717, 1.165) is 25.0 Å². The number of alkyl halides is 3. The molecule has 0 saturated carbocycles. The molecule has 1 aromatic rings. The Bertz CT molecular complexity index is 483. The Morgan fingerprint density at radius 2 is 2.00 bits per heavy atom. The van der Waals surface area contributed by atoms with E-state index in [1.165, 1.54) is 12.1 Å². The van der Waals surface area contributed by atoms with Gasteiger partial charge in [-0.3, -0.25) is 4.79 Å². The van der Waals surface area contributed by atoms with Gasteiger partial charge in [-0.1, -0.05) is 0 Å². The monoisotopic (exact) mass is 301 g/mol. The number of ether oxygens (including phenoxy) is 1. The van der Waals surface area contributed by atoms with E-state index in [2.05, 4.69) is 0 Å². The molecule has 1 heterocycles. The van der Waals surface area contributed by atoms with Gasteiger partial charge >= 0.3 is 6.18 Å². The van der Waals surface area contributed by atoms with Crippen molar-refractivity contribution in [3.8, 4) is 0 Å². The van der Waals surface area contributed by atoms with E-state index in [1.54, 1.807) is 12.0 Å². The van der Waals surface area contributed by atoms with Gasteiger partial charge in [0, 0.05) is 25.8 Å². The number of carbonyl (C=O) groups is 1. The number of benzene rings is 1. The van der Waals surface area contributed by atoms with Gasteiger partial charge in [-0.15, -0.1) is 0 Å². The van der Waals surface area contributed by atoms with Crippen molar-refractivity contribution in [3.63, 3.8) is 0 Å². The lowest BCUT2D eigenvalue weighted by Crippen LogP contribution is -2.41. The van der Waals surface area contributed by atoms with Gasteiger partial charge in [-0.05, 0) is 43.0 Å². The van der Waals surface area contributed by atoms with Gasteiger partial charge in [-0.25, -0.2) is 0 Å². The highest BCUT2D eigenvalue weighted by Crippen LogP contribution is 2.29. The van der Waals surface area contributed by atoms with Gasteiger partial charge in [0.05, 0.1) is 12.2 Å². The third kappa shape index (κ3) is 3.97. The Morgan fingerprint density at radius 3 is 2.57 bits per heavy atom. The number of carbonyl (C=O) groups excluding carboxylic acids is 1. The number of methoxy groups -OCH3 is 1. The second-order valence-corrected chi connectivity index (χ2v) is 5.29. The summed E-state index contributed by atoms with van der Waals surface area (Å²) in [6.07, 6.45) is -2.48. The Hall–Kier alpha value is -1.56. The maximum Gasteiger partial charge on any atom is 0.416 e. The Labute approximate surface area is 121 Å². The van der Waals surface area contributed by atoms with Gasteiger partial charge in [-0.2, -0.15) is 13.2 Å². The van der Waals surface area contributed by atoms with E-state index in [0.29, 0.717) is 31.2 Å². The van der Waals surface area contributed by atoms with Crippen molar-refractivity contribution in [2.24, 2.45) is 5.92 Å². The number of hydrogen-bond donors (Lipinski definition) is 0. The molecule has 3 nitrogen and oxygen atoms in total. The van der Waals surface area contributed by atoms with Crippen LogP contribution in [0, 0.1) is 5.92 Å². The molecular weight excluding hydrogens is 283 g/mol. The summed E-state index contributed by atoms with van der Waals surface area (Å²) in [6.45, 7) is 1.82. The lowest BCUT2D eigenvalue weighted by molar-refractivity contribution is -0.137. The molecular formula is C15H18F3NO2. The van der Waals surface area contributed by atoms with Crippen molar-refractivity contribution >= 4 is 5.91 Å². The maximum absolute atomic E-state index is 12.5. The van der Waals surface area contributed by atoms with Crippen LogP contribution in [-0.2, 0) is 10.9 Å². The summed E-state index contributed by atoms with van der Waals surface area (Å²) < 4.78 is 42.6. The zero-order valence-corrected chi connectivity index (χ0v) is 11.8. The fourth-order valence-corrected chi connectivity index (χ4v) is 2.61. The Balaban J connectivity index is 2.05. The first kappa shape index (κ1) is 15.8. The number of piperidine rings is 1. The van der Waals surface area contributed by atoms with Gasteiger partial charge in [0.25, 0.3) is 5.91 Å². The second-order valence-electron chi connectivity index (χ2n) is 5.29. The lowest BCUT2D eigenvalue weighted by atomic mass is 9.98. The van der Waals surface area contributed by atoms with Gasteiger partial charge in [0.2, 0.25) is 0 Å². The highest BCUT2D eigenvalue weighted by molar-refractivity contribution is 5.94. The number of likely N-dealkylation sites (tertiary alicyclic amines) is 1. The first-order chi connectivity index (χ1) is 9.91. The molecule has 1 aliphatic heterocycles. The molecule has 0 bridgehead atoms. The SMILES string of the molecule is COCC1CCCN(C(=O)c2ccc(C(F)(F)F)cc2)C1. The fraction of sp³-hybridized carbons (Fsp3) is 0.533. The molecule has 2 rings (SSSR count). The highest BCUT2D eigenvalue weighted by Gasteiger charge is 2.31. The normalized spacial score (nSPS) is 19.6. The van der Waals surface area contributed by atoms with Crippen LogP contribution in [0.5, 0.6) is 0 Å². The minimum Gasteiger partial charge on any atom is -0.384 e. The van der Waals surface area contributed by atoms with Gasteiger partial charge < -0.3 is 9.64 Å². The molecule has 0 spiro atoms. The molecule has 1 aliphatic rings. The summed E-state index contributed by atoms with van der Waals surface area (Å²) in [6, 6.07) is 4.38. The minimum absolute atomic E-state index is 0.218. The molecule has 1 amide bonds. The Morgan fingerprint density at radius 1 is 1.33 bits per heavy atom. The molecule has 21 heavy (non-hydrogen) atoms. The van der Waals surface area contributed by atoms with Crippen LogP contribution in [0.15, 0.2) is 24.3 Å². The van der Waals surface area contributed by atoms with Crippen LogP contribution < -0.4 is 0 Å². The van der Waals surface area contributed by atoms with Crippen LogP contribution in [0.2, 0.25) is 0 Å². The van der Waals surface area contributed by atoms with Crippen LogP contribution in [0.1, 0.15) is 28.8 Å². The first-order valence-corrected chi connectivity index (χ1v) is 6.87. The van der Waals surface area contributed by atoms with E-state index >= 15 is 0 Å². The molecule has 0 aliphatic carbocycles. The Kier molecular flexibility index (Phi) is 4.88. The molecule has 0 N–H and O–H groups in total. The standard InChI is InChI=1S/C15H18F3NO2/c1-21-10-11-3-2-8-19(9-11)14(20)12-4-6-13(7-5-12)15(16,17)18/h4-7,11H,2-3,8-10H2,1H3. The molecule has 0 aromatic heterocycles. The van der Waals surface area contributed by atoms with E-state index in [9.17, 15) is 18.0 Å². The predicted molar refractivity (Wildman–Crippen MR) is 71.9 cm³/mol. The van der Waals surface area contributed by atoms with Crippen LogP contribution in [0.25, 0.3) is 0 Å². The van der Waals surface area contributed by atoms with Crippen LogP contribution in [-0.4, -0.2) is 37.6 Å². The number of nitrogens with zero attached hydrogens (tertiary/aromatic N) is 1. The van der Waals surface area contributed by atoms with Crippen LogP contribution in [0.3, 0.4) is 0 Å². The van der Waals surface area contributed by atoms with Crippen molar-refractivity contribution < 1.29 is 22.7 Å². The van der Waals surface area contributed by atoms with Crippen molar-refractivity contribution in [1.29, 1.82) is 0 Å². The predicted octanol–water partition coefficient (Wildman–Crippen LogP) is 3.20. The van der Waals surface area contributed by atoms with Crippen molar-refractivity contribution in [2.75, 3.05) is 26.8 Å². The smallest absolute Gasteiger partial charge is 0.384 e.